The molecule has 2 atom stereocenters. The summed E-state index contributed by atoms with van der Waals surface area (Å²) in [6.45, 7) is 7.36. The first-order valence-electron chi connectivity index (χ1n) is 6.32. The fourth-order valence-corrected chi connectivity index (χ4v) is 3.42. The maximum Gasteiger partial charge on any atom is 0.0351 e. The van der Waals surface area contributed by atoms with Crippen molar-refractivity contribution in [3.05, 3.63) is 0 Å². The highest BCUT2D eigenvalue weighted by atomic mass is 32.2. The molecule has 0 amide bonds. The third kappa shape index (κ3) is 3.11. The molecule has 1 heterocycles. The lowest BCUT2D eigenvalue weighted by Crippen LogP contribution is -2.43. The summed E-state index contributed by atoms with van der Waals surface area (Å²) in [6, 6.07) is 0.792. The van der Waals surface area contributed by atoms with Gasteiger partial charge in [0, 0.05) is 30.9 Å². The molecule has 3 heteroatoms. The third-order valence-electron chi connectivity index (χ3n) is 3.60. The van der Waals surface area contributed by atoms with Crippen LogP contribution in [0, 0.1) is 5.92 Å². The lowest BCUT2D eigenvalue weighted by molar-refractivity contribution is 0.203. The van der Waals surface area contributed by atoms with E-state index >= 15 is 0 Å². The highest BCUT2D eigenvalue weighted by molar-refractivity contribution is 7.99. The highest BCUT2D eigenvalue weighted by Crippen LogP contribution is 2.32. The first-order chi connectivity index (χ1) is 7.35. The monoisotopic (exact) mass is 228 g/mol. The molecule has 1 aliphatic carbocycles. The predicted octanol–water partition coefficient (Wildman–Crippen LogP) is 1.81. The van der Waals surface area contributed by atoms with Crippen molar-refractivity contribution < 1.29 is 0 Å². The summed E-state index contributed by atoms with van der Waals surface area (Å²) in [5.41, 5.74) is 0. The van der Waals surface area contributed by atoms with Crippen molar-refractivity contribution in [3.8, 4) is 0 Å². The molecule has 15 heavy (non-hydrogen) atoms. The number of hydrogen-bond donors (Lipinski definition) is 1. The molecule has 0 aromatic heterocycles. The van der Waals surface area contributed by atoms with Crippen LogP contribution in [0.3, 0.4) is 0 Å². The summed E-state index contributed by atoms with van der Waals surface area (Å²) in [4.78, 5) is 2.75. The average molecular weight is 228 g/mol. The van der Waals surface area contributed by atoms with Gasteiger partial charge in [-0.2, -0.15) is 11.8 Å². The molecule has 0 radical (unpaired) electrons. The lowest BCUT2D eigenvalue weighted by atomic mass is 10.2. The van der Waals surface area contributed by atoms with Gasteiger partial charge in [0.15, 0.2) is 0 Å². The fourth-order valence-electron chi connectivity index (χ4n) is 2.56. The van der Waals surface area contributed by atoms with Crippen molar-refractivity contribution in [1.29, 1.82) is 0 Å². The summed E-state index contributed by atoms with van der Waals surface area (Å²) in [6.07, 6.45) is 6.50. The summed E-state index contributed by atoms with van der Waals surface area (Å²) in [7, 11) is 0. The van der Waals surface area contributed by atoms with Gasteiger partial charge in [-0.25, -0.2) is 0 Å². The number of nitrogens with one attached hydrogen (secondary N) is 1. The topological polar surface area (TPSA) is 15.3 Å². The molecule has 2 unspecified atom stereocenters. The van der Waals surface area contributed by atoms with Gasteiger partial charge in [-0.3, -0.25) is 4.90 Å². The Labute approximate surface area is 98.2 Å². The van der Waals surface area contributed by atoms with Crippen LogP contribution in [0.2, 0.25) is 0 Å². The Hall–Kier alpha value is 0.270. The second-order valence-electron chi connectivity index (χ2n) is 4.94. The number of rotatable bonds is 6. The van der Waals surface area contributed by atoms with Gasteiger partial charge in [0.05, 0.1) is 0 Å². The Morgan fingerprint density at radius 2 is 2.13 bits per heavy atom. The second-order valence-corrected chi connectivity index (χ2v) is 6.01. The maximum absolute atomic E-state index is 3.54. The normalized spacial score (nSPS) is 31.4. The molecule has 1 N–H and O–H groups in total. The smallest absolute Gasteiger partial charge is 0.0351 e. The Morgan fingerprint density at radius 3 is 2.73 bits per heavy atom. The molecular formula is C12H24N2S. The largest absolute Gasteiger partial charge is 0.314 e. The minimum atomic E-state index is 0.792. The van der Waals surface area contributed by atoms with E-state index in [9.17, 15) is 0 Å². The molecule has 2 rings (SSSR count). The molecule has 1 saturated heterocycles. The first kappa shape index (κ1) is 11.7. The van der Waals surface area contributed by atoms with Crippen LogP contribution in [0.25, 0.3) is 0 Å². The second kappa shape index (κ2) is 5.55. The fraction of sp³-hybridized carbons (Fsp3) is 1.00. The third-order valence-corrected chi connectivity index (χ3v) is 4.69. The summed E-state index contributed by atoms with van der Waals surface area (Å²) in [5.74, 6) is 1.03. The highest BCUT2D eigenvalue weighted by Gasteiger charge is 2.34. The van der Waals surface area contributed by atoms with Crippen LogP contribution < -0.4 is 5.32 Å². The van der Waals surface area contributed by atoms with Crippen molar-refractivity contribution in [2.24, 2.45) is 5.92 Å². The van der Waals surface area contributed by atoms with Gasteiger partial charge in [-0.05, 0) is 38.0 Å². The molecule has 88 valence electrons. The van der Waals surface area contributed by atoms with Gasteiger partial charge in [-0.1, -0.05) is 6.92 Å². The molecule has 1 saturated carbocycles. The van der Waals surface area contributed by atoms with Gasteiger partial charge < -0.3 is 5.32 Å². The Morgan fingerprint density at radius 1 is 1.33 bits per heavy atom. The SMILES string of the molecule is CCCN(CC1CC1)C1CNCC1SC. The molecule has 2 aliphatic rings. The van der Waals surface area contributed by atoms with Crippen LogP contribution >= 0.6 is 11.8 Å². The van der Waals surface area contributed by atoms with Crippen LogP contribution in [-0.2, 0) is 0 Å². The van der Waals surface area contributed by atoms with Gasteiger partial charge in [0.2, 0.25) is 0 Å². The van der Waals surface area contributed by atoms with E-state index in [1.54, 1.807) is 0 Å². The lowest BCUT2D eigenvalue weighted by Gasteiger charge is -2.31. The minimum absolute atomic E-state index is 0.792. The Kier molecular flexibility index (Phi) is 4.35. The van der Waals surface area contributed by atoms with E-state index in [-0.39, 0.29) is 0 Å². The molecule has 0 spiro atoms. The molecule has 2 nitrogen and oxygen atoms in total. The molecule has 0 bridgehead atoms. The van der Waals surface area contributed by atoms with Gasteiger partial charge in [0.25, 0.3) is 0 Å². The number of hydrogen-bond acceptors (Lipinski definition) is 3. The predicted molar refractivity (Wildman–Crippen MR) is 68.5 cm³/mol. The van der Waals surface area contributed by atoms with Crippen molar-refractivity contribution in [1.82, 2.24) is 10.2 Å². The van der Waals surface area contributed by atoms with Crippen LogP contribution in [0.1, 0.15) is 26.2 Å². The van der Waals surface area contributed by atoms with Gasteiger partial charge in [-0.15, -0.1) is 0 Å². The molecule has 0 aromatic carbocycles. The van der Waals surface area contributed by atoms with E-state index in [4.69, 9.17) is 0 Å². The average Bonchev–Trinajstić information content (AvgIpc) is 2.93. The van der Waals surface area contributed by atoms with Crippen molar-refractivity contribution in [2.45, 2.75) is 37.5 Å². The molecule has 0 aromatic rings. The Balaban J connectivity index is 1.88. The van der Waals surface area contributed by atoms with Crippen LogP contribution in [0.4, 0.5) is 0 Å². The maximum atomic E-state index is 3.54. The number of thioether (sulfide) groups is 1. The van der Waals surface area contributed by atoms with E-state index in [2.05, 4.69) is 23.4 Å². The first-order valence-corrected chi connectivity index (χ1v) is 7.61. The van der Waals surface area contributed by atoms with Gasteiger partial charge in [0.1, 0.15) is 0 Å². The van der Waals surface area contributed by atoms with Crippen LogP contribution in [-0.4, -0.2) is 48.6 Å². The van der Waals surface area contributed by atoms with E-state index in [0.717, 1.165) is 17.2 Å². The van der Waals surface area contributed by atoms with E-state index in [1.165, 1.54) is 45.4 Å². The minimum Gasteiger partial charge on any atom is -0.314 e. The number of nitrogens with zero attached hydrogens (tertiary/aromatic N) is 1. The van der Waals surface area contributed by atoms with E-state index in [1.807, 2.05) is 11.8 Å². The zero-order valence-electron chi connectivity index (χ0n) is 10.0. The molecule has 1 aliphatic heterocycles. The quantitative estimate of drug-likeness (QED) is 0.746. The van der Waals surface area contributed by atoms with Crippen LogP contribution in [0.15, 0.2) is 0 Å². The van der Waals surface area contributed by atoms with Crippen LogP contribution in [0.5, 0.6) is 0 Å². The summed E-state index contributed by atoms with van der Waals surface area (Å²) < 4.78 is 0. The standard InChI is InChI=1S/C12H24N2S/c1-3-6-14(9-10-4-5-10)11-7-13-8-12(11)15-2/h10-13H,3-9H2,1-2H3. The molecular weight excluding hydrogens is 204 g/mol. The van der Waals surface area contributed by atoms with E-state index < -0.39 is 0 Å². The Bertz CT molecular complexity index is 194. The zero-order valence-corrected chi connectivity index (χ0v) is 10.9. The zero-order chi connectivity index (χ0) is 10.7. The van der Waals surface area contributed by atoms with Crippen molar-refractivity contribution in [3.63, 3.8) is 0 Å². The van der Waals surface area contributed by atoms with Crippen molar-refractivity contribution >= 4 is 11.8 Å². The van der Waals surface area contributed by atoms with Crippen molar-refractivity contribution in [2.75, 3.05) is 32.4 Å². The van der Waals surface area contributed by atoms with Gasteiger partial charge >= 0.3 is 0 Å². The van der Waals surface area contributed by atoms with E-state index in [0.29, 0.717) is 0 Å². The summed E-state index contributed by atoms with van der Waals surface area (Å²) in [5, 5.41) is 4.36. The summed E-state index contributed by atoms with van der Waals surface area (Å²) >= 11 is 2.04. The molecule has 2 fully saturated rings.